The first-order chi connectivity index (χ1) is 13.6. The Balaban J connectivity index is 1.64. The maximum absolute atomic E-state index is 13.0. The Morgan fingerprint density at radius 1 is 0.929 bits per heavy atom. The molecule has 1 aromatic carbocycles. The van der Waals surface area contributed by atoms with E-state index in [0.717, 1.165) is 0 Å². The molecular weight excluding hydrogens is 378 g/mol. The van der Waals surface area contributed by atoms with Crippen LogP contribution in [0.2, 0.25) is 5.02 Å². The van der Waals surface area contributed by atoms with Gasteiger partial charge < -0.3 is 9.80 Å². The van der Waals surface area contributed by atoms with Gasteiger partial charge in [0.15, 0.2) is 0 Å². The van der Waals surface area contributed by atoms with Crippen molar-refractivity contribution in [3.8, 4) is 0 Å². The number of hydrogen-bond donors (Lipinski definition) is 0. The summed E-state index contributed by atoms with van der Waals surface area (Å²) < 4.78 is 0. The molecule has 0 radical (unpaired) electrons. The second-order valence-electron chi connectivity index (χ2n) is 6.61. The molecule has 0 N–H and O–H groups in total. The van der Waals surface area contributed by atoms with Gasteiger partial charge in [-0.15, -0.1) is 0 Å². The fraction of sp³-hybridized carbons (Fsp3) is 0.300. The largest absolute Gasteiger partial charge is 0.363 e. The van der Waals surface area contributed by atoms with Crippen LogP contribution in [0.5, 0.6) is 0 Å². The molecule has 2 aliphatic heterocycles. The topological polar surface area (TPSA) is 69.6 Å². The number of benzene rings is 1. The third kappa shape index (κ3) is 3.22. The predicted molar refractivity (Wildman–Crippen MR) is 107 cm³/mol. The van der Waals surface area contributed by atoms with Gasteiger partial charge in [0.2, 0.25) is 5.95 Å². The molecule has 2 amide bonds. The molecule has 0 bridgehead atoms. The van der Waals surface area contributed by atoms with Crippen LogP contribution in [0, 0.1) is 0 Å². The van der Waals surface area contributed by atoms with Crippen LogP contribution in [0.15, 0.2) is 48.4 Å². The number of piperazine rings is 1. The standard InChI is InChI=1S/C20H20ClN5O2/c1-2-26-18(27)16(14-4-6-15(21)7-5-14)17(19(26)28)24-10-12-25(13-11-24)20-22-8-3-9-23-20/h3-9H,2,10-13H2,1H3. The van der Waals surface area contributed by atoms with Crippen LogP contribution in [0.3, 0.4) is 0 Å². The quantitative estimate of drug-likeness (QED) is 0.735. The predicted octanol–water partition coefficient (Wildman–Crippen LogP) is 2.05. The van der Waals surface area contributed by atoms with Crippen LogP contribution in [-0.2, 0) is 9.59 Å². The zero-order valence-electron chi connectivity index (χ0n) is 15.5. The van der Waals surface area contributed by atoms with Crippen molar-refractivity contribution in [2.45, 2.75) is 6.92 Å². The molecule has 1 fully saturated rings. The van der Waals surface area contributed by atoms with E-state index in [2.05, 4.69) is 14.9 Å². The molecule has 7 nitrogen and oxygen atoms in total. The first-order valence-corrected chi connectivity index (χ1v) is 9.61. The summed E-state index contributed by atoms with van der Waals surface area (Å²) in [4.78, 5) is 39.9. The highest BCUT2D eigenvalue weighted by molar-refractivity contribution is 6.36. The number of halogens is 1. The van der Waals surface area contributed by atoms with Crippen LogP contribution in [0.4, 0.5) is 5.95 Å². The van der Waals surface area contributed by atoms with Crippen molar-refractivity contribution >= 4 is 34.9 Å². The van der Waals surface area contributed by atoms with Crippen LogP contribution >= 0.6 is 11.6 Å². The Labute approximate surface area is 168 Å². The Bertz CT molecular complexity index is 921. The average Bonchev–Trinajstić information content (AvgIpc) is 2.99. The van der Waals surface area contributed by atoms with Gasteiger partial charge in [-0.1, -0.05) is 23.7 Å². The average molecular weight is 398 g/mol. The number of likely N-dealkylation sites (N-methyl/N-ethyl adjacent to an activating group) is 1. The molecule has 4 rings (SSSR count). The summed E-state index contributed by atoms with van der Waals surface area (Å²) in [5.74, 6) is 0.193. The second-order valence-corrected chi connectivity index (χ2v) is 7.04. The maximum Gasteiger partial charge on any atom is 0.277 e. The smallest absolute Gasteiger partial charge is 0.277 e. The van der Waals surface area contributed by atoms with Gasteiger partial charge in [-0.05, 0) is 30.7 Å². The van der Waals surface area contributed by atoms with Crippen molar-refractivity contribution in [1.82, 2.24) is 19.8 Å². The van der Waals surface area contributed by atoms with Gasteiger partial charge in [-0.25, -0.2) is 9.97 Å². The Morgan fingerprint density at radius 3 is 2.14 bits per heavy atom. The molecule has 1 aromatic heterocycles. The highest BCUT2D eigenvalue weighted by Gasteiger charge is 2.41. The van der Waals surface area contributed by atoms with E-state index in [0.29, 0.717) is 60.5 Å². The van der Waals surface area contributed by atoms with E-state index < -0.39 is 0 Å². The minimum atomic E-state index is -0.251. The van der Waals surface area contributed by atoms with E-state index >= 15 is 0 Å². The molecule has 0 saturated carbocycles. The number of carbonyl (C=O) groups is 2. The fourth-order valence-corrected chi connectivity index (χ4v) is 3.73. The molecule has 0 atom stereocenters. The summed E-state index contributed by atoms with van der Waals surface area (Å²) in [6.07, 6.45) is 3.43. The molecule has 0 unspecified atom stereocenters. The normalized spacial score (nSPS) is 17.7. The van der Waals surface area contributed by atoms with E-state index in [1.807, 2.05) is 11.8 Å². The van der Waals surface area contributed by atoms with Crippen LogP contribution in [-0.4, -0.2) is 64.3 Å². The summed E-state index contributed by atoms with van der Waals surface area (Å²) in [6.45, 7) is 4.73. The number of anilines is 1. The van der Waals surface area contributed by atoms with E-state index in [-0.39, 0.29) is 11.8 Å². The number of imide groups is 1. The summed E-state index contributed by atoms with van der Waals surface area (Å²) in [5.41, 5.74) is 1.64. The summed E-state index contributed by atoms with van der Waals surface area (Å²) in [5, 5.41) is 0.589. The third-order valence-corrected chi connectivity index (χ3v) is 5.28. The highest BCUT2D eigenvalue weighted by Crippen LogP contribution is 2.32. The van der Waals surface area contributed by atoms with Crippen molar-refractivity contribution in [1.29, 1.82) is 0 Å². The summed E-state index contributed by atoms with van der Waals surface area (Å²) in [6, 6.07) is 8.83. The Morgan fingerprint density at radius 2 is 1.54 bits per heavy atom. The highest BCUT2D eigenvalue weighted by atomic mass is 35.5. The van der Waals surface area contributed by atoms with Gasteiger partial charge in [0.25, 0.3) is 11.8 Å². The van der Waals surface area contributed by atoms with Gasteiger partial charge in [-0.3, -0.25) is 14.5 Å². The SMILES string of the molecule is CCN1C(=O)C(c2ccc(Cl)cc2)=C(N2CCN(c3ncccn3)CC2)C1=O. The third-order valence-electron chi connectivity index (χ3n) is 5.02. The van der Waals surface area contributed by atoms with E-state index in [1.165, 1.54) is 4.90 Å². The molecule has 0 spiro atoms. The monoisotopic (exact) mass is 397 g/mol. The maximum atomic E-state index is 13.0. The molecule has 2 aromatic rings. The second kappa shape index (κ2) is 7.59. The van der Waals surface area contributed by atoms with Crippen molar-refractivity contribution in [3.63, 3.8) is 0 Å². The van der Waals surface area contributed by atoms with E-state index in [1.54, 1.807) is 42.7 Å². The molecule has 0 aliphatic carbocycles. The van der Waals surface area contributed by atoms with Gasteiger partial charge in [0.05, 0.1) is 5.57 Å². The van der Waals surface area contributed by atoms with Gasteiger partial charge in [-0.2, -0.15) is 0 Å². The lowest BCUT2D eigenvalue weighted by Gasteiger charge is -2.36. The molecule has 3 heterocycles. The van der Waals surface area contributed by atoms with Crippen molar-refractivity contribution in [2.24, 2.45) is 0 Å². The molecule has 144 valence electrons. The van der Waals surface area contributed by atoms with Crippen LogP contribution in [0.1, 0.15) is 12.5 Å². The molecule has 28 heavy (non-hydrogen) atoms. The van der Waals surface area contributed by atoms with Crippen LogP contribution < -0.4 is 4.90 Å². The van der Waals surface area contributed by atoms with E-state index in [4.69, 9.17) is 11.6 Å². The van der Waals surface area contributed by atoms with Crippen LogP contribution in [0.25, 0.3) is 5.57 Å². The lowest BCUT2D eigenvalue weighted by atomic mass is 10.0. The zero-order chi connectivity index (χ0) is 19.7. The minimum Gasteiger partial charge on any atom is -0.363 e. The van der Waals surface area contributed by atoms with E-state index in [9.17, 15) is 9.59 Å². The number of hydrogen-bond acceptors (Lipinski definition) is 6. The first kappa shape index (κ1) is 18.4. The van der Waals surface area contributed by atoms with Crippen molar-refractivity contribution < 1.29 is 9.59 Å². The summed E-state index contributed by atoms with van der Waals surface area (Å²) in [7, 11) is 0. The summed E-state index contributed by atoms with van der Waals surface area (Å²) >= 11 is 5.99. The van der Waals surface area contributed by atoms with Gasteiger partial charge in [0, 0.05) is 50.1 Å². The number of aromatic nitrogens is 2. The number of carbonyl (C=O) groups excluding carboxylic acids is 2. The Kier molecular flexibility index (Phi) is 5.00. The Hall–Kier alpha value is -2.93. The lowest BCUT2D eigenvalue weighted by Crippen LogP contribution is -2.48. The number of nitrogens with zero attached hydrogens (tertiary/aromatic N) is 5. The zero-order valence-corrected chi connectivity index (χ0v) is 16.3. The molecule has 8 heteroatoms. The lowest BCUT2D eigenvalue weighted by molar-refractivity contribution is -0.137. The van der Waals surface area contributed by atoms with Gasteiger partial charge >= 0.3 is 0 Å². The minimum absolute atomic E-state index is 0.234. The first-order valence-electron chi connectivity index (χ1n) is 9.23. The molecule has 1 saturated heterocycles. The molecule has 2 aliphatic rings. The van der Waals surface area contributed by atoms with Gasteiger partial charge in [0.1, 0.15) is 5.70 Å². The van der Waals surface area contributed by atoms with Crippen molar-refractivity contribution in [3.05, 3.63) is 59.0 Å². The fourth-order valence-electron chi connectivity index (χ4n) is 3.61. The number of rotatable bonds is 4. The molecular formula is C20H20ClN5O2. The number of amides is 2. The van der Waals surface area contributed by atoms with Crippen molar-refractivity contribution in [2.75, 3.05) is 37.6 Å².